The summed E-state index contributed by atoms with van der Waals surface area (Å²) in [5.74, 6) is 0.158. The average Bonchev–Trinajstić information content (AvgIpc) is 3.07. The van der Waals surface area contributed by atoms with Crippen molar-refractivity contribution in [3.05, 3.63) is 34.7 Å². The first-order valence-corrected chi connectivity index (χ1v) is 8.16. The maximum atomic E-state index is 12.0. The second kappa shape index (κ2) is 7.89. The van der Waals surface area contributed by atoms with Crippen LogP contribution in [0.25, 0.3) is 0 Å². The van der Waals surface area contributed by atoms with Crippen LogP contribution in [0.15, 0.2) is 22.1 Å². The minimum Gasteiger partial charge on any atom is -0.469 e. The largest absolute Gasteiger partial charge is 0.469 e. The van der Waals surface area contributed by atoms with Crippen LogP contribution in [0.4, 0.5) is 5.13 Å². The average molecular weight is 336 g/mol. The van der Waals surface area contributed by atoms with Crippen molar-refractivity contribution in [2.75, 3.05) is 11.9 Å². The number of aryl methyl sites for hydroxylation is 1. The smallest absolute Gasteiger partial charge is 0.260 e. The Balaban J connectivity index is 1.85. The van der Waals surface area contributed by atoms with Gasteiger partial charge in [0.2, 0.25) is 5.91 Å². The van der Waals surface area contributed by atoms with Gasteiger partial charge in [-0.2, -0.15) is 0 Å². The van der Waals surface area contributed by atoms with Crippen LogP contribution in [0, 0.1) is 6.92 Å². The van der Waals surface area contributed by atoms with Gasteiger partial charge < -0.3 is 15.5 Å². The molecule has 23 heavy (non-hydrogen) atoms. The summed E-state index contributed by atoms with van der Waals surface area (Å²) in [7, 11) is 0. The molecular formula is C15H20N4O3S. The lowest BCUT2D eigenvalue weighted by molar-refractivity contribution is -0.120. The molecule has 2 amide bonds. The first kappa shape index (κ1) is 17.2. The predicted molar refractivity (Wildman–Crippen MR) is 88.5 cm³/mol. The second-order valence-electron chi connectivity index (χ2n) is 5.28. The maximum absolute atomic E-state index is 12.0. The third kappa shape index (κ3) is 5.19. The van der Waals surface area contributed by atoms with Gasteiger partial charge in [-0.25, -0.2) is 4.98 Å². The highest BCUT2D eigenvalue weighted by molar-refractivity contribution is 7.14. The summed E-state index contributed by atoms with van der Waals surface area (Å²) in [6.45, 7) is 4.15. The van der Waals surface area contributed by atoms with Crippen molar-refractivity contribution in [3.8, 4) is 0 Å². The van der Waals surface area contributed by atoms with Gasteiger partial charge in [0, 0.05) is 18.0 Å². The number of anilines is 1. The Hall–Kier alpha value is -2.19. The van der Waals surface area contributed by atoms with E-state index in [1.54, 1.807) is 18.4 Å². The molecule has 0 aliphatic carbocycles. The topological polar surface area (TPSA) is 110 Å². The fourth-order valence-corrected chi connectivity index (χ4v) is 2.60. The molecule has 1 unspecified atom stereocenters. The predicted octanol–water partition coefficient (Wildman–Crippen LogP) is 1.69. The molecule has 8 heteroatoms. The van der Waals surface area contributed by atoms with Gasteiger partial charge in [-0.05, 0) is 26.3 Å². The summed E-state index contributed by atoms with van der Waals surface area (Å²) in [6.07, 6.45) is 2.37. The molecule has 4 N–H and O–H groups in total. The number of nitrogens with two attached hydrogens (primary N) is 1. The molecule has 1 atom stereocenters. The zero-order valence-electron chi connectivity index (χ0n) is 13.1. The van der Waals surface area contributed by atoms with Gasteiger partial charge in [0.15, 0.2) is 5.13 Å². The van der Waals surface area contributed by atoms with Gasteiger partial charge in [0.25, 0.3) is 5.91 Å². The maximum Gasteiger partial charge on any atom is 0.260 e. The lowest BCUT2D eigenvalue weighted by Crippen LogP contribution is -2.30. The monoisotopic (exact) mass is 336 g/mol. The van der Waals surface area contributed by atoms with E-state index in [2.05, 4.69) is 15.6 Å². The Labute approximate surface area is 138 Å². The van der Waals surface area contributed by atoms with Gasteiger partial charge in [-0.15, -0.1) is 11.3 Å². The molecule has 2 heterocycles. The fraction of sp³-hybridized carbons (Fsp3) is 0.400. The van der Waals surface area contributed by atoms with Crippen molar-refractivity contribution in [1.29, 1.82) is 0 Å². The Morgan fingerprint density at radius 1 is 1.48 bits per heavy atom. The molecule has 0 fully saturated rings. The molecule has 0 aliphatic rings. The fourth-order valence-electron chi connectivity index (χ4n) is 1.90. The van der Waals surface area contributed by atoms with Crippen molar-refractivity contribution >= 4 is 28.3 Å². The Morgan fingerprint density at radius 2 is 2.26 bits per heavy atom. The van der Waals surface area contributed by atoms with Crippen LogP contribution in [-0.2, 0) is 11.2 Å². The van der Waals surface area contributed by atoms with Gasteiger partial charge in [-0.3, -0.25) is 14.9 Å². The summed E-state index contributed by atoms with van der Waals surface area (Å²) in [5, 5.41) is 7.69. The van der Waals surface area contributed by atoms with Gasteiger partial charge in [-0.1, -0.05) is 0 Å². The number of carbonyl (C=O) groups is 2. The summed E-state index contributed by atoms with van der Waals surface area (Å²) in [6, 6.07) is 1.66. The highest BCUT2D eigenvalue weighted by Crippen LogP contribution is 2.18. The number of nitrogens with zero attached hydrogens (tertiary/aromatic N) is 1. The van der Waals surface area contributed by atoms with E-state index >= 15 is 0 Å². The lowest BCUT2D eigenvalue weighted by atomic mass is 10.2. The first-order chi connectivity index (χ1) is 11.0. The zero-order chi connectivity index (χ0) is 16.8. The lowest BCUT2D eigenvalue weighted by Gasteiger charge is -2.06. The molecule has 0 aromatic carbocycles. The minimum absolute atomic E-state index is 0.0581. The van der Waals surface area contributed by atoms with Gasteiger partial charge in [0.1, 0.15) is 5.76 Å². The Morgan fingerprint density at radius 3 is 2.91 bits per heavy atom. The number of nitrogens with one attached hydrogen (secondary N) is 2. The summed E-state index contributed by atoms with van der Waals surface area (Å²) in [5.41, 5.74) is 6.71. The van der Waals surface area contributed by atoms with Gasteiger partial charge in [0.05, 0.1) is 23.9 Å². The van der Waals surface area contributed by atoms with Crippen molar-refractivity contribution < 1.29 is 14.0 Å². The molecule has 7 nitrogen and oxygen atoms in total. The van der Waals surface area contributed by atoms with E-state index in [-0.39, 0.29) is 24.3 Å². The van der Waals surface area contributed by atoms with Crippen LogP contribution in [0.3, 0.4) is 0 Å². The normalized spacial score (nSPS) is 12.0. The number of amides is 2. The van der Waals surface area contributed by atoms with Crippen LogP contribution < -0.4 is 16.4 Å². The van der Waals surface area contributed by atoms with Crippen LogP contribution >= 0.6 is 11.3 Å². The van der Waals surface area contributed by atoms with Crippen LogP contribution in [-0.4, -0.2) is 29.4 Å². The number of carbonyl (C=O) groups excluding carboxylic acids is 2. The highest BCUT2D eigenvalue weighted by atomic mass is 32.1. The molecule has 2 aromatic rings. The van der Waals surface area contributed by atoms with E-state index in [4.69, 9.17) is 10.2 Å². The molecule has 0 bridgehead atoms. The number of hydrogen-bond acceptors (Lipinski definition) is 6. The quantitative estimate of drug-likeness (QED) is 0.712. The molecule has 2 aromatic heterocycles. The van der Waals surface area contributed by atoms with E-state index in [1.165, 1.54) is 17.6 Å². The number of furan rings is 1. The Kier molecular flexibility index (Phi) is 5.89. The number of rotatable bonds is 7. The third-order valence-electron chi connectivity index (χ3n) is 3.14. The van der Waals surface area contributed by atoms with E-state index in [0.717, 1.165) is 6.42 Å². The molecule has 0 saturated heterocycles. The van der Waals surface area contributed by atoms with Crippen molar-refractivity contribution in [2.24, 2.45) is 5.73 Å². The Bertz CT molecular complexity index is 678. The summed E-state index contributed by atoms with van der Waals surface area (Å²) >= 11 is 1.28. The molecule has 2 rings (SSSR count). The van der Waals surface area contributed by atoms with Crippen molar-refractivity contribution in [1.82, 2.24) is 10.3 Å². The summed E-state index contributed by atoms with van der Waals surface area (Å²) < 4.78 is 5.10. The first-order valence-electron chi connectivity index (χ1n) is 7.28. The van der Waals surface area contributed by atoms with Crippen LogP contribution in [0.2, 0.25) is 0 Å². The molecule has 0 saturated carbocycles. The van der Waals surface area contributed by atoms with Gasteiger partial charge >= 0.3 is 0 Å². The molecule has 0 aliphatic heterocycles. The molecule has 0 radical (unpaired) electrons. The minimum atomic E-state index is -0.279. The van der Waals surface area contributed by atoms with E-state index in [9.17, 15) is 9.59 Å². The van der Waals surface area contributed by atoms with Crippen molar-refractivity contribution in [3.63, 3.8) is 0 Å². The number of thiazole rings is 1. The van der Waals surface area contributed by atoms with Crippen molar-refractivity contribution in [2.45, 2.75) is 32.7 Å². The van der Waals surface area contributed by atoms with E-state index in [1.807, 2.05) is 6.92 Å². The molecular weight excluding hydrogens is 316 g/mol. The van der Waals surface area contributed by atoms with E-state index in [0.29, 0.717) is 28.7 Å². The molecule has 124 valence electrons. The summed E-state index contributed by atoms with van der Waals surface area (Å²) in [4.78, 5) is 28.1. The van der Waals surface area contributed by atoms with E-state index < -0.39 is 0 Å². The standard InChI is InChI=1S/C15H20N4O3S/c1-9(16)3-5-17-13(20)7-11-8-23-15(18-11)19-14(21)12-4-6-22-10(12)2/h4,6,8-9H,3,5,7,16H2,1-2H3,(H,17,20)(H,18,19,21). The highest BCUT2D eigenvalue weighted by Gasteiger charge is 2.14. The van der Waals surface area contributed by atoms with Crippen LogP contribution in [0.5, 0.6) is 0 Å². The SMILES string of the molecule is Cc1occc1C(=O)Nc1nc(CC(=O)NCCC(C)N)cs1. The number of aromatic nitrogens is 1. The van der Waals surface area contributed by atoms with Crippen LogP contribution in [0.1, 0.15) is 35.2 Å². The third-order valence-corrected chi connectivity index (χ3v) is 3.95. The number of hydrogen-bond donors (Lipinski definition) is 3. The molecule has 0 spiro atoms. The zero-order valence-corrected chi connectivity index (χ0v) is 13.9. The second-order valence-corrected chi connectivity index (χ2v) is 6.14.